The van der Waals surface area contributed by atoms with Gasteiger partial charge in [0.1, 0.15) is 23.1 Å². The van der Waals surface area contributed by atoms with Crippen molar-refractivity contribution in [1.82, 2.24) is 5.32 Å². The normalized spacial score (nSPS) is 10.6. The lowest BCUT2D eigenvalue weighted by Gasteiger charge is -2.13. The third-order valence-electron chi connectivity index (χ3n) is 4.29. The van der Waals surface area contributed by atoms with Crippen LogP contribution in [0.2, 0.25) is 0 Å². The standard InChI is InChI=1S/C22H15Br2F2NO5/c23-16-5-11(7-20(29)30)6-17(24)21(16)32-14-2-4-19(28)15(9-14)22(31)27-10-12-8-13(25)1-3-18(12)26/h1-6,8-9,28H,7,10H2,(H,27,31)(H,29,30). The van der Waals surface area contributed by atoms with Crippen LogP contribution in [0.3, 0.4) is 0 Å². The van der Waals surface area contributed by atoms with E-state index in [0.717, 1.165) is 18.2 Å². The van der Waals surface area contributed by atoms with E-state index in [-0.39, 0.29) is 35.6 Å². The van der Waals surface area contributed by atoms with Crippen LogP contribution in [0.15, 0.2) is 57.5 Å². The van der Waals surface area contributed by atoms with Crippen molar-refractivity contribution in [3.8, 4) is 17.2 Å². The Morgan fingerprint density at radius 3 is 2.34 bits per heavy atom. The highest BCUT2D eigenvalue weighted by Gasteiger charge is 2.16. The molecule has 0 aromatic heterocycles. The number of phenolic OH excluding ortho intramolecular Hbond substituents is 1. The number of aliphatic carboxylic acids is 1. The zero-order valence-electron chi connectivity index (χ0n) is 16.2. The molecule has 3 aromatic carbocycles. The van der Waals surface area contributed by atoms with Gasteiger partial charge in [0.25, 0.3) is 5.91 Å². The molecule has 0 radical (unpaired) electrons. The molecule has 0 heterocycles. The summed E-state index contributed by atoms with van der Waals surface area (Å²) in [5.41, 5.74) is 0.368. The topological polar surface area (TPSA) is 95.9 Å². The second kappa shape index (κ2) is 10.1. The molecule has 1 amide bonds. The number of hydrogen-bond donors (Lipinski definition) is 3. The average molecular weight is 571 g/mol. The summed E-state index contributed by atoms with van der Waals surface area (Å²) in [4.78, 5) is 23.4. The maximum atomic E-state index is 13.8. The maximum absolute atomic E-state index is 13.8. The summed E-state index contributed by atoms with van der Waals surface area (Å²) in [5, 5.41) is 21.4. The summed E-state index contributed by atoms with van der Waals surface area (Å²) in [6.45, 7) is -0.283. The van der Waals surface area contributed by atoms with Crippen LogP contribution >= 0.6 is 31.9 Å². The van der Waals surface area contributed by atoms with Gasteiger partial charge in [-0.2, -0.15) is 0 Å². The zero-order valence-corrected chi connectivity index (χ0v) is 19.3. The van der Waals surface area contributed by atoms with Crippen molar-refractivity contribution in [3.63, 3.8) is 0 Å². The quantitative estimate of drug-likeness (QED) is 0.346. The van der Waals surface area contributed by atoms with Crippen molar-refractivity contribution in [3.05, 3.63) is 85.8 Å². The largest absolute Gasteiger partial charge is 0.507 e. The number of nitrogens with one attached hydrogen (secondary N) is 1. The third kappa shape index (κ3) is 5.83. The lowest BCUT2D eigenvalue weighted by molar-refractivity contribution is -0.136. The van der Waals surface area contributed by atoms with Crippen molar-refractivity contribution in [2.24, 2.45) is 0 Å². The number of carbonyl (C=O) groups excluding carboxylic acids is 1. The van der Waals surface area contributed by atoms with Crippen LogP contribution in [0.4, 0.5) is 8.78 Å². The van der Waals surface area contributed by atoms with E-state index in [1.807, 2.05) is 0 Å². The summed E-state index contributed by atoms with van der Waals surface area (Å²) in [5.74, 6) is -2.80. The van der Waals surface area contributed by atoms with Gasteiger partial charge in [0.05, 0.1) is 20.9 Å². The summed E-state index contributed by atoms with van der Waals surface area (Å²) >= 11 is 6.66. The first kappa shape index (κ1) is 23.7. The van der Waals surface area contributed by atoms with E-state index in [1.165, 1.54) is 18.2 Å². The molecular weight excluding hydrogens is 556 g/mol. The predicted octanol–water partition coefficient (Wildman–Crippen LogP) is 5.54. The van der Waals surface area contributed by atoms with Gasteiger partial charge in [-0.25, -0.2) is 8.78 Å². The van der Waals surface area contributed by atoms with Gasteiger partial charge in [-0.3, -0.25) is 9.59 Å². The molecule has 0 aliphatic carbocycles. The number of halogens is 4. The lowest BCUT2D eigenvalue weighted by Crippen LogP contribution is -2.23. The van der Waals surface area contributed by atoms with Crippen LogP contribution in [0.5, 0.6) is 17.2 Å². The van der Waals surface area contributed by atoms with E-state index >= 15 is 0 Å². The van der Waals surface area contributed by atoms with E-state index in [4.69, 9.17) is 9.84 Å². The first-order valence-corrected chi connectivity index (χ1v) is 10.7. The molecule has 0 aliphatic heterocycles. The second-order valence-corrected chi connectivity index (χ2v) is 8.37. The minimum atomic E-state index is -0.982. The monoisotopic (exact) mass is 569 g/mol. The van der Waals surface area contributed by atoms with Gasteiger partial charge in [-0.05, 0) is 86.0 Å². The van der Waals surface area contributed by atoms with Crippen LogP contribution < -0.4 is 10.1 Å². The molecule has 0 saturated heterocycles. The number of aromatic hydroxyl groups is 1. The van der Waals surface area contributed by atoms with Gasteiger partial charge in [-0.1, -0.05) is 0 Å². The van der Waals surface area contributed by atoms with Crippen molar-refractivity contribution >= 4 is 43.7 Å². The van der Waals surface area contributed by atoms with Crippen molar-refractivity contribution in [1.29, 1.82) is 0 Å². The van der Waals surface area contributed by atoms with E-state index in [2.05, 4.69) is 37.2 Å². The molecule has 0 spiro atoms. The number of carbonyl (C=O) groups is 2. The first-order valence-electron chi connectivity index (χ1n) is 9.06. The molecule has 0 atom stereocenters. The van der Waals surface area contributed by atoms with Crippen LogP contribution in [0.25, 0.3) is 0 Å². The number of phenols is 1. The van der Waals surface area contributed by atoms with E-state index in [1.54, 1.807) is 12.1 Å². The molecule has 6 nitrogen and oxygen atoms in total. The molecule has 0 aliphatic rings. The Balaban J connectivity index is 1.79. The van der Waals surface area contributed by atoms with Crippen LogP contribution in [-0.4, -0.2) is 22.1 Å². The van der Waals surface area contributed by atoms with E-state index in [0.29, 0.717) is 20.3 Å². The average Bonchev–Trinajstić information content (AvgIpc) is 2.71. The van der Waals surface area contributed by atoms with Gasteiger partial charge in [0.2, 0.25) is 0 Å². The number of hydrogen-bond acceptors (Lipinski definition) is 4. The maximum Gasteiger partial charge on any atom is 0.307 e. The minimum absolute atomic E-state index is 0.0421. The van der Waals surface area contributed by atoms with Gasteiger partial charge in [0, 0.05) is 12.1 Å². The fourth-order valence-electron chi connectivity index (χ4n) is 2.81. The van der Waals surface area contributed by atoms with Crippen molar-refractivity contribution in [2.45, 2.75) is 13.0 Å². The third-order valence-corrected chi connectivity index (χ3v) is 5.47. The van der Waals surface area contributed by atoms with E-state index < -0.39 is 23.5 Å². The number of carboxylic acid groups (broad SMARTS) is 1. The predicted molar refractivity (Wildman–Crippen MR) is 119 cm³/mol. The van der Waals surface area contributed by atoms with Crippen molar-refractivity contribution in [2.75, 3.05) is 0 Å². The molecule has 32 heavy (non-hydrogen) atoms. The van der Waals surface area contributed by atoms with Gasteiger partial charge < -0.3 is 20.3 Å². The summed E-state index contributed by atoms with van der Waals surface area (Å²) < 4.78 is 33.8. The highest BCUT2D eigenvalue weighted by molar-refractivity contribution is 9.11. The molecule has 3 N–H and O–H groups in total. The molecular formula is C22H15Br2F2NO5. The first-order chi connectivity index (χ1) is 15.1. The fourth-order valence-corrected chi connectivity index (χ4v) is 4.26. The molecule has 166 valence electrons. The number of rotatable bonds is 7. The van der Waals surface area contributed by atoms with Gasteiger partial charge in [0.15, 0.2) is 5.75 Å². The van der Waals surface area contributed by atoms with E-state index in [9.17, 15) is 23.5 Å². The second-order valence-electron chi connectivity index (χ2n) is 6.66. The summed E-state index contributed by atoms with van der Waals surface area (Å²) in [6, 6.07) is 10.1. The molecule has 0 unspecified atom stereocenters. The molecule has 0 fully saturated rings. The number of amides is 1. The molecule has 0 saturated carbocycles. The summed E-state index contributed by atoms with van der Waals surface area (Å²) in [6.07, 6.45) is -0.174. The fraction of sp³-hybridized carbons (Fsp3) is 0.0909. The Morgan fingerprint density at radius 2 is 1.69 bits per heavy atom. The molecule has 3 rings (SSSR count). The van der Waals surface area contributed by atoms with Crippen molar-refractivity contribution < 1.29 is 33.3 Å². The molecule has 0 bridgehead atoms. The number of benzene rings is 3. The lowest BCUT2D eigenvalue weighted by atomic mass is 10.1. The Bertz CT molecular complexity index is 1180. The Hall–Kier alpha value is -2.98. The highest BCUT2D eigenvalue weighted by atomic mass is 79.9. The Kier molecular flexibility index (Phi) is 7.47. The highest BCUT2D eigenvalue weighted by Crippen LogP contribution is 2.38. The van der Waals surface area contributed by atoms with Crippen LogP contribution in [0.1, 0.15) is 21.5 Å². The smallest absolute Gasteiger partial charge is 0.307 e. The molecule has 3 aromatic rings. The summed E-state index contributed by atoms with van der Waals surface area (Å²) in [7, 11) is 0. The Labute approximate surface area is 198 Å². The molecule has 10 heteroatoms. The SMILES string of the molecule is O=C(O)Cc1cc(Br)c(Oc2ccc(O)c(C(=O)NCc3cc(F)ccc3F)c2)c(Br)c1. The van der Waals surface area contributed by atoms with Crippen LogP contribution in [-0.2, 0) is 17.8 Å². The van der Waals surface area contributed by atoms with Gasteiger partial charge >= 0.3 is 5.97 Å². The van der Waals surface area contributed by atoms with Gasteiger partial charge in [-0.15, -0.1) is 0 Å². The Morgan fingerprint density at radius 1 is 1.00 bits per heavy atom. The number of ether oxygens (including phenoxy) is 1. The van der Waals surface area contributed by atoms with Crippen LogP contribution in [0, 0.1) is 11.6 Å². The zero-order chi connectivity index (χ0) is 23.4. The number of carboxylic acids is 1. The minimum Gasteiger partial charge on any atom is -0.507 e.